The van der Waals surface area contributed by atoms with E-state index in [1.165, 1.54) is 0 Å². The number of aliphatic carboxylic acids is 1. The fourth-order valence-electron chi connectivity index (χ4n) is 2.19. The third kappa shape index (κ3) is 3.35. The smallest absolute Gasteiger partial charge is 0.341 e. The van der Waals surface area contributed by atoms with Gasteiger partial charge in [0.25, 0.3) is 0 Å². The van der Waals surface area contributed by atoms with Crippen molar-refractivity contribution in [3.05, 3.63) is 49.3 Å². The highest BCUT2D eigenvalue weighted by Gasteiger charge is 2.13. The first-order valence-electron chi connectivity index (χ1n) is 7.20. The molecule has 122 valence electrons. The minimum Gasteiger partial charge on any atom is -0.489 e. The molecule has 0 amide bonds. The summed E-state index contributed by atoms with van der Waals surface area (Å²) in [5.74, 6) is 0.502. The average Bonchev–Trinajstić information content (AvgIpc) is 3.02. The average molecular weight is 325 g/mol. The lowest BCUT2D eigenvalue weighted by Crippen LogP contribution is -2.09. The van der Waals surface area contributed by atoms with E-state index in [9.17, 15) is 4.79 Å². The van der Waals surface area contributed by atoms with Gasteiger partial charge in [-0.15, -0.1) is 0 Å². The molecule has 0 spiro atoms. The first kappa shape index (κ1) is 15.5. The molecule has 0 radical (unpaired) electrons. The molecule has 2 aromatic heterocycles. The van der Waals surface area contributed by atoms with Crippen LogP contribution in [0.4, 0.5) is 0 Å². The summed E-state index contributed by atoms with van der Waals surface area (Å²) in [6.45, 7) is 3.51. The fourth-order valence-corrected chi connectivity index (χ4v) is 2.19. The van der Waals surface area contributed by atoms with E-state index < -0.39 is 12.6 Å². The molecular formula is C17H15N3O4. The second-order valence-corrected chi connectivity index (χ2v) is 4.92. The van der Waals surface area contributed by atoms with Gasteiger partial charge in [-0.05, 0) is 18.2 Å². The summed E-state index contributed by atoms with van der Waals surface area (Å²) in [5.41, 5.74) is 2.34. The highest BCUT2D eigenvalue weighted by Crippen LogP contribution is 2.33. The lowest BCUT2D eigenvalue weighted by Gasteiger charge is -2.11. The van der Waals surface area contributed by atoms with Gasteiger partial charge in [0.05, 0.1) is 22.8 Å². The second-order valence-electron chi connectivity index (χ2n) is 4.92. The van der Waals surface area contributed by atoms with Gasteiger partial charge in [-0.2, -0.15) is 0 Å². The van der Waals surface area contributed by atoms with Gasteiger partial charge in [-0.1, -0.05) is 12.7 Å². The molecule has 7 nitrogen and oxygen atoms in total. The van der Waals surface area contributed by atoms with Gasteiger partial charge in [0, 0.05) is 12.3 Å². The van der Waals surface area contributed by atoms with E-state index in [4.69, 9.17) is 14.6 Å². The minimum absolute atomic E-state index is 0.303. The van der Waals surface area contributed by atoms with Crippen molar-refractivity contribution >= 4 is 17.0 Å². The van der Waals surface area contributed by atoms with Crippen molar-refractivity contribution in [1.29, 1.82) is 0 Å². The van der Waals surface area contributed by atoms with Crippen molar-refractivity contribution in [1.82, 2.24) is 15.0 Å². The molecule has 3 rings (SSSR count). The van der Waals surface area contributed by atoms with Gasteiger partial charge in [-0.25, -0.2) is 9.78 Å². The van der Waals surface area contributed by atoms with Crippen molar-refractivity contribution in [3.63, 3.8) is 0 Å². The maximum atomic E-state index is 10.6. The highest BCUT2D eigenvalue weighted by atomic mass is 16.5. The summed E-state index contributed by atoms with van der Waals surface area (Å²) in [6.07, 6.45) is 4.99. The molecule has 0 aliphatic carbocycles. The van der Waals surface area contributed by atoms with Crippen LogP contribution in [0.25, 0.3) is 22.4 Å². The lowest BCUT2D eigenvalue weighted by atomic mass is 10.2. The van der Waals surface area contributed by atoms with E-state index in [1.807, 2.05) is 6.07 Å². The summed E-state index contributed by atoms with van der Waals surface area (Å²) in [4.78, 5) is 22.4. The number of fused-ring (bicyclic) bond motifs is 1. The van der Waals surface area contributed by atoms with Crippen LogP contribution in [-0.2, 0) is 4.79 Å². The number of aromatic nitrogens is 3. The zero-order valence-electron chi connectivity index (χ0n) is 12.7. The molecule has 0 saturated carbocycles. The van der Waals surface area contributed by atoms with Crippen LogP contribution in [0.3, 0.4) is 0 Å². The van der Waals surface area contributed by atoms with Gasteiger partial charge < -0.3 is 19.6 Å². The molecule has 24 heavy (non-hydrogen) atoms. The predicted molar refractivity (Wildman–Crippen MR) is 88.1 cm³/mol. The van der Waals surface area contributed by atoms with Crippen LogP contribution in [0.2, 0.25) is 0 Å². The first-order valence-corrected chi connectivity index (χ1v) is 7.20. The number of imidazole rings is 1. The molecule has 0 fully saturated rings. The minimum atomic E-state index is -1.04. The maximum Gasteiger partial charge on any atom is 0.341 e. The van der Waals surface area contributed by atoms with Gasteiger partial charge >= 0.3 is 5.97 Å². The molecular weight excluding hydrogens is 310 g/mol. The van der Waals surface area contributed by atoms with Gasteiger partial charge in [0.15, 0.2) is 6.61 Å². The summed E-state index contributed by atoms with van der Waals surface area (Å²) >= 11 is 0. The predicted octanol–water partition coefficient (Wildman–Crippen LogP) is 2.65. The van der Waals surface area contributed by atoms with Crippen LogP contribution < -0.4 is 9.47 Å². The van der Waals surface area contributed by atoms with Gasteiger partial charge in [0.2, 0.25) is 0 Å². The second kappa shape index (κ2) is 6.82. The Hall–Kier alpha value is -3.35. The zero-order valence-corrected chi connectivity index (χ0v) is 12.7. The lowest BCUT2D eigenvalue weighted by molar-refractivity contribution is -0.139. The Balaban J connectivity index is 1.98. The van der Waals surface area contributed by atoms with E-state index in [0.717, 1.165) is 16.6 Å². The number of nitrogens with zero attached hydrogens (tertiary/aromatic N) is 2. The monoisotopic (exact) mass is 325 g/mol. The number of hydrogen-bond acceptors (Lipinski definition) is 5. The maximum absolute atomic E-state index is 10.6. The number of hydrogen-bond donors (Lipinski definition) is 2. The third-order valence-electron chi connectivity index (χ3n) is 3.21. The van der Waals surface area contributed by atoms with Crippen molar-refractivity contribution in [2.24, 2.45) is 0 Å². The number of nitrogens with one attached hydrogen (secondary N) is 1. The molecule has 2 heterocycles. The van der Waals surface area contributed by atoms with Crippen LogP contribution >= 0.6 is 0 Å². The zero-order chi connectivity index (χ0) is 16.9. The summed E-state index contributed by atoms with van der Waals surface area (Å²) in [5, 5.41) is 8.71. The molecule has 0 saturated heterocycles. The number of rotatable bonds is 7. The normalized spacial score (nSPS) is 10.5. The standard InChI is InChI=1S/C17H15N3O4/c1-2-7-23-15-8-11(24-10-16(21)22)3-4-12(15)17-19-13-5-6-18-9-14(13)20-17/h2-6,8-9H,1,7,10H2,(H,19,20)(H,21,22). The number of H-pyrrole nitrogens is 1. The van der Waals surface area contributed by atoms with Crippen LogP contribution in [-0.4, -0.2) is 39.2 Å². The Kier molecular flexibility index (Phi) is 4.42. The van der Waals surface area contributed by atoms with Crippen LogP contribution in [0.15, 0.2) is 49.3 Å². The Bertz CT molecular complexity index is 855. The van der Waals surface area contributed by atoms with Crippen LogP contribution in [0, 0.1) is 0 Å². The summed E-state index contributed by atoms with van der Waals surface area (Å²) < 4.78 is 10.9. The molecule has 0 aliphatic rings. The third-order valence-corrected chi connectivity index (χ3v) is 3.21. The van der Waals surface area contributed by atoms with Crippen molar-refractivity contribution < 1.29 is 19.4 Å². The quantitative estimate of drug-likeness (QED) is 0.648. The number of ether oxygens (including phenoxy) is 2. The van der Waals surface area contributed by atoms with E-state index in [1.54, 1.807) is 36.7 Å². The van der Waals surface area contributed by atoms with Crippen LogP contribution in [0.5, 0.6) is 11.5 Å². The molecule has 7 heteroatoms. The topological polar surface area (TPSA) is 97.3 Å². The molecule has 0 aliphatic heterocycles. The number of benzene rings is 1. The van der Waals surface area contributed by atoms with Crippen molar-refractivity contribution in [3.8, 4) is 22.9 Å². The highest BCUT2D eigenvalue weighted by molar-refractivity contribution is 5.80. The first-order chi connectivity index (χ1) is 11.7. The summed E-state index contributed by atoms with van der Waals surface area (Å²) in [6, 6.07) is 6.88. The molecule has 0 atom stereocenters. The van der Waals surface area contributed by atoms with Gasteiger partial charge in [0.1, 0.15) is 23.9 Å². The number of pyridine rings is 1. The Morgan fingerprint density at radius 3 is 2.96 bits per heavy atom. The Morgan fingerprint density at radius 2 is 2.21 bits per heavy atom. The largest absolute Gasteiger partial charge is 0.489 e. The SMILES string of the molecule is C=CCOc1cc(OCC(=O)O)ccc1-c1nc2ccncc2[nH]1. The number of carboxylic acids is 1. The Labute approximate surface area is 137 Å². The van der Waals surface area contributed by atoms with E-state index >= 15 is 0 Å². The molecule has 1 aromatic carbocycles. The Morgan fingerprint density at radius 1 is 1.33 bits per heavy atom. The van der Waals surface area contributed by atoms with Crippen molar-refractivity contribution in [2.45, 2.75) is 0 Å². The molecule has 0 bridgehead atoms. The number of carboxylic acid groups (broad SMARTS) is 1. The molecule has 3 aromatic rings. The van der Waals surface area contributed by atoms with Crippen LogP contribution in [0.1, 0.15) is 0 Å². The van der Waals surface area contributed by atoms with E-state index in [0.29, 0.717) is 23.9 Å². The van der Waals surface area contributed by atoms with E-state index in [2.05, 4.69) is 21.5 Å². The molecule has 0 unspecified atom stereocenters. The molecule has 2 N–H and O–H groups in total. The number of aromatic amines is 1. The van der Waals surface area contributed by atoms with Gasteiger partial charge in [-0.3, -0.25) is 4.98 Å². The van der Waals surface area contributed by atoms with Crippen molar-refractivity contribution in [2.75, 3.05) is 13.2 Å². The fraction of sp³-hybridized carbons (Fsp3) is 0.118. The van der Waals surface area contributed by atoms with E-state index in [-0.39, 0.29) is 0 Å². The summed E-state index contributed by atoms with van der Waals surface area (Å²) in [7, 11) is 0. The number of carbonyl (C=O) groups is 1.